The van der Waals surface area contributed by atoms with Gasteiger partial charge in [0, 0.05) is 13.8 Å². The van der Waals surface area contributed by atoms with Gasteiger partial charge in [0.2, 0.25) is 0 Å². The predicted molar refractivity (Wildman–Crippen MR) is 72.9 cm³/mol. The Balaban J connectivity index is 3.44. The quantitative estimate of drug-likeness (QED) is 0.305. The van der Waals surface area contributed by atoms with Crippen LogP contribution in [-0.2, 0) is 23.8 Å². The number of rotatable bonds is 5. The third-order valence-electron chi connectivity index (χ3n) is 3.06. The molecule has 1 saturated heterocycles. The van der Waals surface area contributed by atoms with E-state index in [0.29, 0.717) is 5.01 Å². The van der Waals surface area contributed by atoms with Gasteiger partial charge in [0.25, 0.3) is 0 Å². The third-order valence-corrected chi connectivity index (χ3v) is 3.06. The summed E-state index contributed by atoms with van der Waals surface area (Å²) in [5.41, 5.74) is 0. The van der Waals surface area contributed by atoms with Crippen molar-refractivity contribution in [1.82, 2.24) is 9.91 Å². The molecule has 0 aliphatic carbocycles. The van der Waals surface area contributed by atoms with Crippen molar-refractivity contribution in [2.45, 2.75) is 46.2 Å². The molecule has 1 heterocycles. The molecule has 1 aliphatic rings. The number of hydrogen-bond acceptors (Lipinski definition) is 8. The van der Waals surface area contributed by atoms with Crippen LogP contribution in [0.5, 0.6) is 0 Å². The van der Waals surface area contributed by atoms with Crippen molar-refractivity contribution in [3.8, 4) is 0 Å². The molecule has 11 heteroatoms. The second-order valence-electron chi connectivity index (χ2n) is 4.69. The number of amides is 1. The Kier molecular flexibility index (Phi) is 5.71. The molecule has 0 aromatic rings. The zero-order chi connectivity index (χ0) is 17.8. The van der Waals surface area contributed by atoms with Gasteiger partial charge in [0.15, 0.2) is 5.03 Å². The Hall–Kier alpha value is -2.59. The fourth-order valence-corrected chi connectivity index (χ4v) is 2.29. The standard InChI is InChI=1S/C12H19N3O8/c1-5-10-7-13(11(18)21-6-2)12(22-8(3)16,23-9(4)17)14(10)15(19)20/h10H,5-7H2,1-4H3. The van der Waals surface area contributed by atoms with Gasteiger partial charge in [-0.3, -0.25) is 9.59 Å². The fourth-order valence-electron chi connectivity index (χ4n) is 2.29. The van der Waals surface area contributed by atoms with Crippen LogP contribution in [0.25, 0.3) is 0 Å². The Bertz CT molecular complexity index is 493. The molecule has 0 aromatic heterocycles. The highest BCUT2D eigenvalue weighted by Crippen LogP contribution is 2.35. The molecular weight excluding hydrogens is 314 g/mol. The Morgan fingerprint density at radius 2 is 1.74 bits per heavy atom. The fraction of sp³-hybridized carbons (Fsp3) is 0.750. The lowest BCUT2D eigenvalue weighted by atomic mass is 10.2. The summed E-state index contributed by atoms with van der Waals surface area (Å²) in [4.78, 5) is 47.2. The highest BCUT2D eigenvalue weighted by molar-refractivity contribution is 5.72. The van der Waals surface area contributed by atoms with E-state index >= 15 is 0 Å². The van der Waals surface area contributed by atoms with E-state index in [1.165, 1.54) is 6.92 Å². The van der Waals surface area contributed by atoms with Crippen LogP contribution in [0, 0.1) is 10.1 Å². The molecule has 1 fully saturated rings. The Labute approximate surface area is 132 Å². The SMILES string of the molecule is CCOC(=O)N1CC(CC)N([N+](=O)[O-])C1(OC(C)=O)OC(C)=O. The number of hydrazine groups is 1. The molecule has 1 rings (SSSR count). The van der Waals surface area contributed by atoms with Crippen LogP contribution in [0.3, 0.4) is 0 Å². The van der Waals surface area contributed by atoms with Gasteiger partial charge < -0.3 is 14.2 Å². The molecule has 0 radical (unpaired) electrons. The molecule has 11 nitrogen and oxygen atoms in total. The van der Waals surface area contributed by atoms with E-state index < -0.39 is 35.1 Å². The summed E-state index contributed by atoms with van der Waals surface area (Å²) in [6.45, 7) is 4.91. The first-order valence-electron chi connectivity index (χ1n) is 6.96. The van der Waals surface area contributed by atoms with Crippen LogP contribution in [0.15, 0.2) is 0 Å². The van der Waals surface area contributed by atoms with Gasteiger partial charge in [-0.15, -0.1) is 0 Å². The molecule has 1 unspecified atom stereocenters. The van der Waals surface area contributed by atoms with Crippen molar-refractivity contribution in [2.75, 3.05) is 13.2 Å². The molecule has 1 amide bonds. The number of hydrogen-bond donors (Lipinski definition) is 0. The molecule has 0 bridgehead atoms. The summed E-state index contributed by atoms with van der Waals surface area (Å²) in [5.74, 6) is -1.94. The lowest BCUT2D eigenvalue weighted by molar-refractivity contribution is -0.711. The Morgan fingerprint density at radius 3 is 2.09 bits per heavy atom. The topological polar surface area (TPSA) is 129 Å². The van der Waals surface area contributed by atoms with Gasteiger partial charge in [-0.1, -0.05) is 6.92 Å². The van der Waals surface area contributed by atoms with E-state index in [2.05, 4.69) is 0 Å². The van der Waals surface area contributed by atoms with Crippen molar-refractivity contribution in [1.29, 1.82) is 0 Å². The summed E-state index contributed by atoms with van der Waals surface area (Å²) in [6, 6.07) is -3.46. The maximum Gasteiger partial charge on any atom is 0.495 e. The van der Waals surface area contributed by atoms with E-state index in [4.69, 9.17) is 14.2 Å². The highest BCUT2D eigenvalue weighted by Gasteiger charge is 2.67. The monoisotopic (exact) mass is 333 g/mol. The van der Waals surface area contributed by atoms with Crippen molar-refractivity contribution in [2.24, 2.45) is 0 Å². The molecule has 0 spiro atoms. The predicted octanol–water partition coefficient (Wildman–Crippen LogP) is 0.468. The van der Waals surface area contributed by atoms with Crippen LogP contribution >= 0.6 is 0 Å². The van der Waals surface area contributed by atoms with E-state index in [1.54, 1.807) is 6.92 Å². The smallest absolute Gasteiger partial charge is 0.450 e. The summed E-state index contributed by atoms with van der Waals surface area (Å²) in [5, 5.41) is 11.0. The van der Waals surface area contributed by atoms with Gasteiger partial charge >= 0.3 is 24.1 Å². The number of carbonyl (C=O) groups excluding carboxylic acids is 3. The van der Waals surface area contributed by atoms with Gasteiger partial charge in [-0.25, -0.2) is 19.8 Å². The molecule has 23 heavy (non-hydrogen) atoms. The molecule has 130 valence electrons. The lowest BCUT2D eigenvalue weighted by Crippen LogP contribution is -2.63. The first-order valence-corrected chi connectivity index (χ1v) is 6.96. The minimum atomic E-state index is -2.62. The lowest BCUT2D eigenvalue weighted by Gasteiger charge is -2.34. The van der Waals surface area contributed by atoms with E-state index in [9.17, 15) is 24.5 Å². The van der Waals surface area contributed by atoms with Crippen LogP contribution in [-0.4, -0.2) is 58.2 Å². The van der Waals surface area contributed by atoms with Crippen molar-refractivity contribution in [3.63, 3.8) is 0 Å². The second-order valence-corrected chi connectivity index (χ2v) is 4.69. The number of ether oxygens (including phenoxy) is 3. The minimum Gasteiger partial charge on any atom is -0.450 e. The third kappa shape index (κ3) is 3.60. The van der Waals surface area contributed by atoms with Crippen LogP contribution < -0.4 is 0 Å². The number of nitro groups is 1. The van der Waals surface area contributed by atoms with Gasteiger partial charge in [0.1, 0.15) is 6.04 Å². The summed E-state index contributed by atoms with van der Waals surface area (Å²) >= 11 is 0. The maximum absolute atomic E-state index is 12.1. The number of nitrogens with zero attached hydrogens (tertiary/aromatic N) is 3. The van der Waals surface area contributed by atoms with E-state index in [0.717, 1.165) is 18.7 Å². The number of carbonyl (C=O) groups is 3. The van der Waals surface area contributed by atoms with Crippen LogP contribution in [0.1, 0.15) is 34.1 Å². The minimum absolute atomic E-state index is 0.0131. The summed E-state index contributed by atoms with van der Waals surface area (Å²) < 4.78 is 14.7. The normalized spacial score (nSPS) is 19.2. The van der Waals surface area contributed by atoms with Crippen molar-refractivity contribution in [3.05, 3.63) is 10.1 Å². The van der Waals surface area contributed by atoms with Crippen LogP contribution in [0.2, 0.25) is 0 Å². The average Bonchev–Trinajstić information content (AvgIpc) is 2.71. The molecule has 1 atom stereocenters. The molecule has 0 saturated carbocycles. The molecule has 0 aromatic carbocycles. The largest absolute Gasteiger partial charge is 0.495 e. The first-order chi connectivity index (χ1) is 10.7. The van der Waals surface area contributed by atoms with Crippen molar-refractivity contribution < 1.29 is 33.6 Å². The zero-order valence-electron chi connectivity index (χ0n) is 13.3. The van der Waals surface area contributed by atoms with Crippen LogP contribution in [0.4, 0.5) is 4.79 Å². The number of esters is 2. The molecular formula is C12H19N3O8. The second kappa shape index (κ2) is 7.11. The maximum atomic E-state index is 12.1. The average molecular weight is 333 g/mol. The highest BCUT2D eigenvalue weighted by atomic mass is 16.8. The molecule has 0 N–H and O–H groups in total. The molecule has 1 aliphatic heterocycles. The van der Waals surface area contributed by atoms with Gasteiger partial charge in [0.05, 0.1) is 13.2 Å². The van der Waals surface area contributed by atoms with E-state index in [-0.39, 0.29) is 19.6 Å². The Morgan fingerprint density at radius 1 is 1.22 bits per heavy atom. The van der Waals surface area contributed by atoms with Crippen molar-refractivity contribution >= 4 is 18.0 Å². The van der Waals surface area contributed by atoms with Gasteiger partial charge in [-0.05, 0) is 18.4 Å². The zero-order valence-corrected chi connectivity index (χ0v) is 13.3. The summed E-state index contributed by atoms with van der Waals surface area (Å²) in [7, 11) is 0. The first kappa shape index (κ1) is 18.5. The summed E-state index contributed by atoms with van der Waals surface area (Å²) in [6.07, 6.45) is -0.765. The van der Waals surface area contributed by atoms with E-state index in [1.807, 2.05) is 0 Å². The van der Waals surface area contributed by atoms with Gasteiger partial charge in [-0.2, -0.15) is 0 Å².